The van der Waals surface area contributed by atoms with E-state index in [1.54, 1.807) is 20.2 Å². The number of nitrogens with zero attached hydrogens (tertiary/aromatic N) is 2. The highest BCUT2D eigenvalue weighted by Crippen LogP contribution is 2.07. The van der Waals surface area contributed by atoms with Crippen molar-refractivity contribution in [1.82, 2.24) is 13.9 Å². The summed E-state index contributed by atoms with van der Waals surface area (Å²) in [7, 11) is -0.288. The van der Waals surface area contributed by atoms with E-state index < -0.39 is 10.2 Å². The Morgan fingerprint density at radius 2 is 2.00 bits per heavy atom. The zero-order valence-electron chi connectivity index (χ0n) is 13.1. The van der Waals surface area contributed by atoms with Crippen LogP contribution in [0.15, 0.2) is 12.7 Å². The predicted octanol–water partition coefficient (Wildman–Crippen LogP) is 0.686. The Labute approximate surface area is 124 Å². The summed E-state index contributed by atoms with van der Waals surface area (Å²) in [5.41, 5.74) is 0. The Hall–Kier alpha value is -0.470. The number of rotatable bonds is 12. The molecule has 0 bridgehead atoms. The van der Waals surface area contributed by atoms with Crippen LogP contribution in [-0.4, -0.2) is 70.0 Å². The molecule has 0 rings (SSSR count). The lowest BCUT2D eigenvalue weighted by molar-refractivity contribution is 0.179. The molecule has 1 N–H and O–H groups in total. The van der Waals surface area contributed by atoms with Crippen molar-refractivity contribution in [2.24, 2.45) is 0 Å². The third-order valence-electron chi connectivity index (χ3n) is 2.80. The van der Waals surface area contributed by atoms with E-state index in [1.165, 1.54) is 8.61 Å². The molecule has 0 aromatic carbocycles. The molecule has 0 heterocycles. The lowest BCUT2D eigenvalue weighted by atomic mass is 10.3. The molecule has 0 aromatic heterocycles. The van der Waals surface area contributed by atoms with Gasteiger partial charge in [0.15, 0.2) is 0 Å². The molecular weight excluding hydrogens is 278 g/mol. The third kappa shape index (κ3) is 7.35. The molecule has 0 spiro atoms. The second kappa shape index (κ2) is 10.3. The van der Waals surface area contributed by atoms with E-state index in [0.717, 1.165) is 13.0 Å². The van der Waals surface area contributed by atoms with Crippen molar-refractivity contribution in [3.63, 3.8) is 0 Å². The van der Waals surface area contributed by atoms with Gasteiger partial charge in [-0.2, -0.15) is 17.0 Å². The summed E-state index contributed by atoms with van der Waals surface area (Å²) in [6.45, 7) is 10.0. The summed E-state index contributed by atoms with van der Waals surface area (Å²) >= 11 is 0. The van der Waals surface area contributed by atoms with E-state index in [2.05, 4.69) is 25.7 Å². The lowest BCUT2D eigenvalue weighted by Crippen LogP contribution is -2.44. The maximum absolute atomic E-state index is 12.4. The highest BCUT2D eigenvalue weighted by atomic mass is 32.2. The van der Waals surface area contributed by atoms with Crippen LogP contribution in [0.3, 0.4) is 0 Å². The second-order valence-corrected chi connectivity index (χ2v) is 6.97. The fraction of sp³-hybridized carbons (Fsp3) is 0.846. The van der Waals surface area contributed by atoms with Gasteiger partial charge in [-0.15, -0.1) is 6.58 Å². The van der Waals surface area contributed by atoms with Crippen molar-refractivity contribution in [1.29, 1.82) is 0 Å². The Balaban J connectivity index is 4.43. The van der Waals surface area contributed by atoms with Gasteiger partial charge in [-0.1, -0.05) is 19.9 Å². The van der Waals surface area contributed by atoms with Crippen LogP contribution in [0.4, 0.5) is 0 Å². The maximum atomic E-state index is 12.4. The molecule has 0 radical (unpaired) electrons. The molecule has 0 aliphatic heterocycles. The summed E-state index contributed by atoms with van der Waals surface area (Å²) in [5.74, 6) is 0. The van der Waals surface area contributed by atoms with Gasteiger partial charge in [0.1, 0.15) is 0 Å². The van der Waals surface area contributed by atoms with E-state index in [-0.39, 0.29) is 0 Å². The van der Waals surface area contributed by atoms with Gasteiger partial charge in [0, 0.05) is 39.8 Å². The van der Waals surface area contributed by atoms with E-state index >= 15 is 0 Å². The first-order valence-electron chi connectivity index (χ1n) is 6.90. The number of methoxy groups -OCH3 is 1. The summed E-state index contributed by atoms with van der Waals surface area (Å²) in [6.07, 6.45) is 2.36. The lowest BCUT2D eigenvalue weighted by Gasteiger charge is -2.26. The quantitative estimate of drug-likeness (QED) is 0.425. The normalized spacial score (nSPS) is 12.6. The van der Waals surface area contributed by atoms with E-state index in [4.69, 9.17) is 4.74 Å². The largest absolute Gasteiger partial charge is 0.383 e. The fourth-order valence-corrected chi connectivity index (χ4v) is 3.00. The van der Waals surface area contributed by atoms with Gasteiger partial charge in [-0.05, 0) is 13.0 Å². The van der Waals surface area contributed by atoms with Gasteiger partial charge in [0.2, 0.25) is 0 Å². The smallest absolute Gasteiger partial charge is 0.282 e. The zero-order chi connectivity index (χ0) is 15.6. The van der Waals surface area contributed by atoms with Crippen molar-refractivity contribution in [2.75, 3.05) is 46.9 Å². The highest BCUT2D eigenvalue weighted by molar-refractivity contribution is 7.86. The van der Waals surface area contributed by atoms with E-state index in [9.17, 15) is 8.42 Å². The number of hydrogen-bond acceptors (Lipinski definition) is 4. The van der Waals surface area contributed by atoms with Gasteiger partial charge in [0.25, 0.3) is 10.2 Å². The van der Waals surface area contributed by atoms with Gasteiger partial charge in [-0.25, -0.2) is 0 Å². The molecule has 120 valence electrons. The molecule has 7 heteroatoms. The third-order valence-corrected chi connectivity index (χ3v) is 4.75. The van der Waals surface area contributed by atoms with Gasteiger partial charge in [-0.3, -0.25) is 0 Å². The minimum atomic E-state index is -3.45. The van der Waals surface area contributed by atoms with Crippen molar-refractivity contribution in [2.45, 2.75) is 26.3 Å². The number of hydrogen-bond donors (Lipinski definition) is 1. The van der Waals surface area contributed by atoms with Crippen LogP contribution in [0.5, 0.6) is 0 Å². The van der Waals surface area contributed by atoms with Crippen molar-refractivity contribution >= 4 is 10.2 Å². The minimum absolute atomic E-state index is 0.292. The standard InChI is InChI=1S/C13H29N3O3S/c1-6-9-16(11-12-19-5)20(17,18)15(4)10-7-8-14-13(2)3/h6,13-14H,1,7-12H2,2-5H3. The molecule has 0 fully saturated rings. The number of nitrogens with one attached hydrogen (secondary N) is 1. The van der Waals surface area contributed by atoms with Crippen LogP contribution in [0, 0.1) is 0 Å². The minimum Gasteiger partial charge on any atom is -0.383 e. The molecule has 20 heavy (non-hydrogen) atoms. The highest BCUT2D eigenvalue weighted by Gasteiger charge is 2.25. The molecule has 6 nitrogen and oxygen atoms in total. The molecule has 0 aliphatic carbocycles. The first kappa shape index (κ1) is 19.5. The van der Waals surface area contributed by atoms with Crippen LogP contribution in [0.1, 0.15) is 20.3 Å². The Kier molecular flexibility index (Phi) is 10.0. The SMILES string of the molecule is C=CCN(CCOC)S(=O)(=O)N(C)CCCNC(C)C. The van der Waals surface area contributed by atoms with Crippen molar-refractivity contribution in [3.05, 3.63) is 12.7 Å². The molecular formula is C13H29N3O3S. The summed E-state index contributed by atoms with van der Waals surface area (Å²) in [6, 6.07) is 0.413. The summed E-state index contributed by atoms with van der Waals surface area (Å²) in [4.78, 5) is 0. The summed E-state index contributed by atoms with van der Waals surface area (Å²) < 4.78 is 32.5. The number of ether oxygens (including phenoxy) is 1. The molecule has 0 saturated heterocycles. The molecule has 0 unspecified atom stereocenters. The van der Waals surface area contributed by atoms with Crippen LogP contribution in [0.25, 0.3) is 0 Å². The van der Waals surface area contributed by atoms with E-state index in [0.29, 0.717) is 32.3 Å². The first-order chi connectivity index (χ1) is 9.36. The van der Waals surface area contributed by atoms with Gasteiger partial charge in [0.05, 0.1) is 6.61 Å². The van der Waals surface area contributed by atoms with Crippen LogP contribution >= 0.6 is 0 Å². The average Bonchev–Trinajstić information content (AvgIpc) is 2.38. The van der Waals surface area contributed by atoms with Gasteiger partial charge < -0.3 is 10.1 Å². The van der Waals surface area contributed by atoms with Crippen molar-refractivity contribution in [3.8, 4) is 0 Å². The Morgan fingerprint density at radius 3 is 2.50 bits per heavy atom. The monoisotopic (exact) mass is 307 g/mol. The topological polar surface area (TPSA) is 61.9 Å². The Bertz CT molecular complexity index is 358. The van der Waals surface area contributed by atoms with Crippen LogP contribution < -0.4 is 5.32 Å². The zero-order valence-corrected chi connectivity index (χ0v) is 13.9. The first-order valence-corrected chi connectivity index (χ1v) is 8.30. The molecule has 0 saturated carbocycles. The summed E-state index contributed by atoms with van der Waals surface area (Å²) in [5, 5.41) is 3.27. The van der Waals surface area contributed by atoms with E-state index in [1.807, 2.05) is 0 Å². The maximum Gasteiger partial charge on any atom is 0.282 e. The molecule has 0 amide bonds. The fourth-order valence-electron chi connectivity index (χ4n) is 1.64. The molecule has 0 atom stereocenters. The Morgan fingerprint density at radius 1 is 1.35 bits per heavy atom. The van der Waals surface area contributed by atoms with Crippen LogP contribution in [0.2, 0.25) is 0 Å². The predicted molar refractivity (Wildman–Crippen MR) is 83.0 cm³/mol. The average molecular weight is 307 g/mol. The molecule has 0 aliphatic rings. The van der Waals surface area contributed by atoms with Gasteiger partial charge >= 0.3 is 0 Å². The van der Waals surface area contributed by atoms with Crippen LogP contribution in [-0.2, 0) is 14.9 Å². The van der Waals surface area contributed by atoms with Crippen molar-refractivity contribution < 1.29 is 13.2 Å². The second-order valence-electron chi connectivity index (χ2n) is 4.93. The molecule has 0 aromatic rings.